The number of anilines is 1. The van der Waals surface area contributed by atoms with Gasteiger partial charge in [-0.1, -0.05) is 42.5 Å². The average molecular weight is 479 g/mol. The number of ether oxygens (including phenoxy) is 1. The van der Waals surface area contributed by atoms with Crippen LogP contribution in [-0.2, 0) is 9.57 Å². The Kier molecular flexibility index (Phi) is 7.01. The summed E-state index contributed by atoms with van der Waals surface area (Å²) in [6, 6.07) is 15.7. The summed E-state index contributed by atoms with van der Waals surface area (Å²) in [4.78, 5) is 25.1. The Labute approximate surface area is 206 Å². The van der Waals surface area contributed by atoms with Gasteiger partial charge in [-0.15, -0.1) is 0 Å². The molecular formula is C26H34N6O3. The van der Waals surface area contributed by atoms with Crippen molar-refractivity contribution >= 4 is 17.9 Å². The van der Waals surface area contributed by atoms with E-state index in [1.165, 1.54) is 11.3 Å². The van der Waals surface area contributed by atoms with Gasteiger partial charge in [-0.3, -0.25) is 15.1 Å². The first kappa shape index (κ1) is 23.7. The Morgan fingerprint density at radius 3 is 2.77 bits per heavy atom. The van der Waals surface area contributed by atoms with E-state index in [1.54, 1.807) is 6.21 Å². The molecule has 0 saturated carbocycles. The molecule has 0 aliphatic carbocycles. The topological polar surface area (TPSA) is 99.2 Å². The van der Waals surface area contributed by atoms with Crippen molar-refractivity contribution in [3.63, 3.8) is 0 Å². The van der Waals surface area contributed by atoms with Crippen molar-refractivity contribution in [2.75, 3.05) is 18.6 Å². The maximum atomic E-state index is 12.8. The van der Waals surface area contributed by atoms with Gasteiger partial charge in [0, 0.05) is 24.5 Å². The number of hydroxylamine groups is 1. The summed E-state index contributed by atoms with van der Waals surface area (Å²) in [5, 5.41) is 9.54. The third-order valence-corrected chi connectivity index (χ3v) is 6.86. The van der Waals surface area contributed by atoms with E-state index in [0.29, 0.717) is 6.67 Å². The van der Waals surface area contributed by atoms with Crippen LogP contribution < -0.4 is 26.3 Å². The van der Waals surface area contributed by atoms with Crippen molar-refractivity contribution in [3.8, 4) is 0 Å². The number of nitrogens with one attached hydrogen (secondary N) is 4. The van der Waals surface area contributed by atoms with Crippen LogP contribution in [0.25, 0.3) is 0 Å². The van der Waals surface area contributed by atoms with E-state index in [-0.39, 0.29) is 42.7 Å². The fourth-order valence-electron chi connectivity index (χ4n) is 4.88. The zero-order chi connectivity index (χ0) is 24.4. The molecule has 35 heavy (non-hydrogen) atoms. The smallest absolute Gasteiger partial charge is 0.315 e. The first-order valence-corrected chi connectivity index (χ1v) is 12.2. The zero-order valence-electron chi connectivity index (χ0n) is 20.4. The Morgan fingerprint density at radius 1 is 1.17 bits per heavy atom. The van der Waals surface area contributed by atoms with Crippen LogP contribution in [0.4, 0.5) is 10.5 Å². The number of fused-ring (bicyclic) bond motifs is 1. The van der Waals surface area contributed by atoms with Crippen LogP contribution in [-0.4, -0.2) is 50.4 Å². The summed E-state index contributed by atoms with van der Waals surface area (Å²) >= 11 is 0. The molecule has 3 aliphatic heterocycles. The highest BCUT2D eigenvalue weighted by molar-refractivity contribution is 5.80. The first-order valence-electron chi connectivity index (χ1n) is 12.2. The second kappa shape index (κ2) is 10.3. The number of hydrogen-bond donors (Lipinski definition) is 4. The predicted molar refractivity (Wildman–Crippen MR) is 135 cm³/mol. The van der Waals surface area contributed by atoms with Gasteiger partial charge in [0.25, 0.3) is 0 Å². The lowest BCUT2D eigenvalue weighted by molar-refractivity contribution is -0.0363. The largest absolute Gasteiger partial charge is 0.361 e. The van der Waals surface area contributed by atoms with Crippen molar-refractivity contribution in [2.24, 2.45) is 4.99 Å². The Morgan fingerprint density at radius 2 is 2.00 bits per heavy atom. The molecule has 2 amide bonds. The molecule has 2 aromatic rings. The van der Waals surface area contributed by atoms with Crippen LogP contribution in [0.15, 0.2) is 53.5 Å². The van der Waals surface area contributed by atoms with Crippen molar-refractivity contribution in [2.45, 2.75) is 63.4 Å². The molecule has 1 saturated heterocycles. The summed E-state index contributed by atoms with van der Waals surface area (Å²) in [7, 11) is 2.07. The number of rotatable bonds is 5. The second-order valence-electron chi connectivity index (χ2n) is 9.55. The molecular weight excluding hydrogens is 444 g/mol. The van der Waals surface area contributed by atoms with Crippen molar-refractivity contribution in [3.05, 3.63) is 65.2 Å². The number of benzene rings is 2. The molecule has 3 aliphatic rings. The van der Waals surface area contributed by atoms with Gasteiger partial charge in [0.15, 0.2) is 6.23 Å². The molecule has 6 unspecified atom stereocenters. The molecule has 0 radical (unpaired) electrons. The lowest BCUT2D eigenvalue weighted by Crippen LogP contribution is -2.51. The van der Waals surface area contributed by atoms with Gasteiger partial charge in [-0.05, 0) is 43.9 Å². The minimum Gasteiger partial charge on any atom is -0.361 e. The number of nitrogens with zero attached hydrogens (tertiary/aromatic N) is 2. The van der Waals surface area contributed by atoms with Crippen molar-refractivity contribution < 1.29 is 14.4 Å². The van der Waals surface area contributed by atoms with Crippen LogP contribution in [0.5, 0.6) is 0 Å². The van der Waals surface area contributed by atoms with Crippen LogP contribution in [0.2, 0.25) is 0 Å². The SMILES string of the molecule is Cc1ccc2c(c1)N(C)CNC2OC1CCC(NC(=O)NC2C(C)ONC2c2ccccc2)C=N1. The highest BCUT2D eigenvalue weighted by Crippen LogP contribution is 2.32. The summed E-state index contributed by atoms with van der Waals surface area (Å²) in [6.45, 7) is 4.75. The molecule has 3 heterocycles. The van der Waals surface area contributed by atoms with Crippen LogP contribution in [0.3, 0.4) is 0 Å². The Bertz CT molecular complexity index is 1060. The van der Waals surface area contributed by atoms with E-state index in [2.05, 4.69) is 63.5 Å². The lowest BCUT2D eigenvalue weighted by Gasteiger charge is -2.36. The molecule has 1 fully saturated rings. The van der Waals surface area contributed by atoms with E-state index >= 15 is 0 Å². The molecule has 2 aromatic carbocycles. The molecule has 6 atom stereocenters. The summed E-state index contributed by atoms with van der Waals surface area (Å²) in [5.74, 6) is 0. The zero-order valence-corrected chi connectivity index (χ0v) is 20.4. The van der Waals surface area contributed by atoms with Gasteiger partial charge in [-0.2, -0.15) is 5.48 Å². The first-order chi connectivity index (χ1) is 17.0. The van der Waals surface area contributed by atoms with Gasteiger partial charge in [-0.25, -0.2) is 4.79 Å². The van der Waals surface area contributed by atoms with Gasteiger partial charge in [0.05, 0.1) is 30.9 Å². The molecule has 5 rings (SSSR count). The monoisotopic (exact) mass is 478 g/mol. The molecule has 186 valence electrons. The fraction of sp³-hybridized carbons (Fsp3) is 0.462. The summed E-state index contributed by atoms with van der Waals surface area (Å²) < 4.78 is 6.30. The average Bonchev–Trinajstić information content (AvgIpc) is 3.22. The Hall–Kier alpha value is -2.98. The number of aryl methyl sites for hydroxylation is 1. The fourth-order valence-corrected chi connectivity index (χ4v) is 4.88. The normalized spacial score (nSPS) is 30.1. The number of urea groups is 1. The van der Waals surface area contributed by atoms with Gasteiger partial charge >= 0.3 is 6.03 Å². The van der Waals surface area contributed by atoms with Crippen LogP contribution in [0, 0.1) is 6.92 Å². The summed E-state index contributed by atoms with van der Waals surface area (Å²) in [6.07, 6.45) is 2.67. The van der Waals surface area contributed by atoms with Gasteiger partial charge in [0.1, 0.15) is 6.23 Å². The maximum absolute atomic E-state index is 12.8. The molecule has 9 heteroatoms. The second-order valence-corrected chi connectivity index (χ2v) is 9.55. The third-order valence-electron chi connectivity index (χ3n) is 6.86. The minimum absolute atomic E-state index is 0.108. The van der Waals surface area contributed by atoms with E-state index in [4.69, 9.17) is 9.57 Å². The Balaban J connectivity index is 1.15. The molecule has 9 nitrogen and oxygen atoms in total. The maximum Gasteiger partial charge on any atom is 0.315 e. The summed E-state index contributed by atoms with van der Waals surface area (Å²) in [5.41, 5.74) is 7.64. The van der Waals surface area contributed by atoms with E-state index in [0.717, 1.165) is 24.0 Å². The molecule has 0 aromatic heterocycles. The highest BCUT2D eigenvalue weighted by Gasteiger charge is 2.37. The number of aliphatic imine (C=N–C) groups is 1. The lowest BCUT2D eigenvalue weighted by atomic mass is 9.98. The number of carbonyl (C=O) groups excluding carboxylic acids is 1. The van der Waals surface area contributed by atoms with Gasteiger partial charge < -0.3 is 20.3 Å². The number of amides is 2. The van der Waals surface area contributed by atoms with E-state index in [9.17, 15) is 4.79 Å². The third kappa shape index (κ3) is 5.33. The molecule has 0 spiro atoms. The molecule has 0 bridgehead atoms. The quantitative estimate of drug-likeness (QED) is 0.528. The van der Waals surface area contributed by atoms with Crippen LogP contribution >= 0.6 is 0 Å². The van der Waals surface area contributed by atoms with E-state index in [1.807, 2.05) is 37.3 Å². The van der Waals surface area contributed by atoms with Crippen LogP contribution in [0.1, 0.15) is 48.7 Å². The van der Waals surface area contributed by atoms with E-state index < -0.39 is 0 Å². The standard InChI is InChI=1S/C26H34N6O3/c1-16-9-11-20-21(13-16)32(3)15-28-25(20)34-22-12-10-19(14-27-22)29-26(33)30-23-17(2)35-31-24(23)18-7-5-4-6-8-18/h4-9,11,13-14,17,19,22-25,28,31H,10,12,15H2,1-3H3,(H2,29,30,33). The minimum atomic E-state index is -0.249. The molecule has 4 N–H and O–H groups in total. The number of carbonyl (C=O) groups is 1. The predicted octanol–water partition coefficient (Wildman–Crippen LogP) is 2.90. The van der Waals surface area contributed by atoms with Crippen molar-refractivity contribution in [1.29, 1.82) is 0 Å². The highest BCUT2D eigenvalue weighted by atomic mass is 16.7. The number of hydrogen-bond acceptors (Lipinski definition) is 7. The van der Waals surface area contributed by atoms with Gasteiger partial charge in [0.2, 0.25) is 0 Å². The van der Waals surface area contributed by atoms with Crippen molar-refractivity contribution in [1.82, 2.24) is 21.4 Å².